The Morgan fingerprint density at radius 3 is 2.69 bits per heavy atom. The molecule has 2 aromatic rings. The molecule has 2 aliphatic rings. The van der Waals surface area contributed by atoms with Gasteiger partial charge >= 0.3 is 6.09 Å². The van der Waals surface area contributed by atoms with E-state index in [9.17, 15) is 9.59 Å². The number of pyridine rings is 2. The number of thioether (sulfide) groups is 1. The topological polar surface area (TPSA) is 87.7 Å². The number of nitrogens with zero attached hydrogens (tertiary/aromatic N) is 4. The number of carbonyl (C=O) groups is 2. The minimum atomic E-state index is -0.430. The van der Waals surface area contributed by atoms with Crippen LogP contribution in [0.4, 0.5) is 16.3 Å². The molecule has 0 saturated carbocycles. The van der Waals surface area contributed by atoms with Gasteiger partial charge < -0.3 is 15.0 Å². The van der Waals surface area contributed by atoms with E-state index < -0.39 is 6.09 Å². The van der Waals surface area contributed by atoms with Gasteiger partial charge in [-0.25, -0.2) is 9.78 Å². The molecule has 2 saturated heterocycles. The average Bonchev–Trinajstić information content (AvgIpc) is 3.14. The van der Waals surface area contributed by atoms with E-state index in [2.05, 4.69) is 20.2 Å². The summed E-state index contributed by atoms with van der Waals surface area (Å²) in [6, 6.07) is 7.78. The van der Waals surface area contributed by atoms with Crippen molar-refractivity contribution in [2.24, 2.45) is 0 Å². The highest BCUT2D eigenvalue weighted by molar-refractivity contribution is 7.99. The molecule has 0 radical (unpaired) electrons. The molecule has 152 valence electrons. The summed E-state index contributed by atoms with van der Waals surface area (Å²) in [6.07, 6.45) is 2.71. The van der Waals surface area contributed by atoms with E-state index in [1.54, 1.807) is 6.20 Å². The molecule has 9 heteroatoms. The fourth-order valence-electron chi connectivity index (χ4n) is 3.33. The van der Waals surface area contributed by atoms with Gasteiger partial charge in [-0.1, -0.05) is 0 Å². The van der Waals surface area contributed by atoms with Crippen molar-refractivity contribution in [3.05, 3.63) is 36.7 Å². The highest BCUT2D eigenvalue weighted by Gasteiger charge is 2.32. The first-order valence-electron chi connectivity index (χ1n) is 9.58. The maximum absolute atomic E-state index is 12.1. The monoisotopic (exact) mass is 413 g/mol. The lowest BCUT2D eigenvalue weighted by Gasteiger charge is -2.27. The number of ether oxygens (including phenoxy) is 1. The molecule has 0 aromatic carbocycles. The fraction of sp³-hybridized carbons (Fsp3) is 0.400. The molecule has 2 aliphatic heterocycles. The Bertz CT molecular complexity index is 869. The Balaban J connectivity index is 1.41. The molecule has 2 fully saturated rings. The predicted octanol–water partition coefficient (Wildman–Crippen LogP) is 2.16. The minimum Gasteiger partial charge on any atom is -0.442 e. The van der Waals surface area contributed by atoms with Crippen molar-refractivity contribution in [1.82, 2.24) is 15.3 Å². The number of rotatable bonds is 5. The van der Waals surface area contributed by atoms with Crippen LogP contribution in [0.1, 0.15) is 6.92 Å². The van der Waals surface area contributed by atoms with Crippen LogP contribution < -0.4 is 15.1 Å². The number of carbonyl (C=O) groups excluding carboxylic acids is 2. The first-order chi connectivity index (χ1) is 14.1. The zero-order valence-electron chi connectivity index (χ0n) is 16.2. The van der Waals surface area contributed by atoms with Crippen LogP contribution in [0, 0.1) is 0 Å². The van der Waals surface area contributed by atoms with E-state index in [0.717, 1.165) is 41.7 Å². The van der Waals surface area contributed by atoms with Gasteiger partial charge in [0.05, 0.1) is 30.7 Å². The largest absolute Gasteiger partial charge is 0.442 e. The van der Waals surface area contributed by atoms with Crippen LogP contribution in [0.2, 0.25) is 0 Å². The molecule has 4 heterocycles. The van der Waals surface area contributed by atoms with Crippen LogP contribution in [0.3, 0.4) is 0 Å². The van der Waals surface area contributed by atoms with Crippen LogP contribution in [0.15, 0.2) is 36.7 Å². The summed E-state index contributed by atoms with van der Waals surface area (Å²) < 4.78 is 5.29. The van der Waals surface area contributed by atoms with Crippen molar-refractivity contribution in [3.8, 4) is 11.3 Å². The number of cyclic esters (lactones) is 1. The lowest BCUT2D eigenvalue weighted by molar-refractivity contribution is -0.119. The highest BCUT2D eigenvalue weighted by Crippen LogP contribution is 2.25. The predicted molar refractivity (Wildman–Crippen MR) is 113 cm³/mol. The van der Waals surface area contributed by atoms with Crippen molar-refractivity contribution in [2.45, 2.75) is 13.0 Å². The van der Waals surface area contributed by atoms with E-state index in [4.69, 9.17) is 4.74 Å². The molecule has 1 N–H and O–H groups in total. The summed E-state index contributed by atoms with van der Waals surface area (Å²) in [7, 11) is 0. The summed E-state index contributed by atoms with van der Waals surface area (Å²) in [5, 5.41) is 2.67. The van der Waals surface area contributed by atoms with Crippen LogP contribution >= 0.6 is 11.8 Å². The second-order valence-corrected chi connectivity index (χ2v) is 8.18. The molecule has 1 atom stereocenters. The third-order valence-electron chi connectivity index (χ3n) is 4.89. The molecular formula is C20H23N5O3S. The molecule has 8 nitrogen and oxygen atoms in total. The Kier molecular flexibility index (Phi) is 5.84. The Hall–Kier alpha value is -2.81. The van der Waals surface area contributed by atoms with Crippen molar-refractivity contribution in [2.75, 3.05) is 47.5 Å². The Labute approximate surface area is 173 Å². The van der Waals surface area contributed by atoms with Crippen LogP contribution in [-0.2, 0) is 9.53 Å². The molecule has 0 bridgehead atoms. The van der Waals surface area contributed by atoms with Gasteiger partial charge in [-0.3, -0.25) is 14.7 Å². The van der Waals surface area contributed by atoms with Gasteiger partial charge in [-0.15, -0.1) is 0 Å². The molecule has 0 unspecified atom stereocenters. The summed E-state index contributed by atoms with van der Waals surface area (Å²) in [5.74, 6) is 3.12. The van der Waals surface area contributed by atoms with Crippen molar-refractivity contribution < 1.29 is 14.3 Å². The number of hydrogen-bond acceptors (Lipinski definition) is 7. The molecule has 0 spiro atoms. The first kappa shape index (κ1) is 19.5. The summed E-state index contributed by atoms with van der Waals surface area (Å²) in [4.78, 5) is 36.1. The van der Waals surface area contributed by atoms with Gasteiger partial charge in [0.1, 0.15) is 11.9 Å². The highest BCUT2D eigenvalue weighted by atomic mass is 32.2. The normalized spacial score (nSPS) is 19.2. The van der Waals surface area contributed by atoms with Gasteiger partial charge in [-0.05, 0) is 24.3 Å². The SMILES string of the molecule is CC(=O)NC[C@H]1CN(c2ccc(-c3ccc(N4CCSCC4)nc3)nc2)C(=O)O1. The summed E-state index contributed by atoms with van der Waals surface area (Å²) in [6.45, 7) is 4.17. The minimum absolute atomic E-state index is 0.149. The van der Waals surface area contributed by atoms with E-state index >= 15 is 0 Å². The lowest BCUT2D eigenvalue weighted by atomic mass is 10.2. The second-order valence-electron chi connectivity index (χ2n) is 6.96. The number of amides is 2. The quantitative estimate of drug-likeness (QED) is 0.804. The maximum Gasteiger partial charge on any atom is 0.414 e. The zero-order valence-corrected chi connectivity index (χ0v) is 17.0. The van der Waals surface area contributed by atoms with Crippen molar-refractivity contribution in [1.29, 1.82) is 0 Å². The van der Waals surface area contributed by atoms with E-state index in [1.165, 1.54) is 11.8 Å². The van der Waals surface area contributed by atoms with Gasteiger partial charge in [-0.2, -0.15) is 11.8 Å². The van der Waals surface area contributed by atoms with E-state index in [-0.39, 0.29) is 12.0 Å². The van der Waals surface area contributed by atoms with Gasteiger partial charge in [0.25, 0.3) is 0 Å². The van der Waals surface area contributed by atoms with Crippen LogP contribution in [-0.4, -0.2) is 65.8 Å². The van der Waals surface area contributed by atoms with E-state index in [1.807, 2.05) is 42.2 Å². The third-order valence-corrected chi connectivity index (χ3v) is 5.83. The van der Waals surface area contributed by atoms with Crippen molar-refractivity contribution >= 4 is 35.3 Å². The number of nitrogens with one attached hydrogen (secondary N) is 1. The average molecular weight is 414 g/mol. The standard InChI is InChI=1S/C20H23N5O3S/c1-14(26)21-12-17-13-25(20(27)28-17)16-3-4-18(22-11-16)15-2-5-19(23-10-15)24-6-8-29-9-7-24/h2-5,10-11,17H,6-9,12-13H2,1H3,(H,21,26)/t17-/m0/s1. The number of anilines is 2. The van der Waals surface area contributed by atoms with Crippen LogP contribution in [0.25, 0.3) is 11.3 Å². The van der Waals surface area contributed by atoms with Crippen LogP contribution in [0.5, 0.6) is 0 Å². The Morgan fingerprint density at radius 2 is 2.03 bits per heavy atom. The summed E-state index contributed by atoms with van der Waals surface area (Å²) in [5.41, 5.74) is 2.39. The zero-order chi connectivity index (χ0) is 20.2. The molecule has 4 rings (SSSR count). The third kappa shape index (κ3) is 4.61. The van der Waals surface area contributed by atoms with E-state index in [0.29, 0.717) is 18.8 Å². The molecular weight excluding hydrogens is 390 g/mol. The Morgan fingerprint density at radius 1 is 1.21 bits per heavy atom. The molecule has 2 amide bonds. The molecule has 2 aromatic heterocycles. The smallest absolute Gasteiger partial charge is 0.414 e. The molecule has 0 aliphatic carbocycles. The van der Waals surface area contributed by atoms with Gasteiger partial charge in [0, 0.05) is 43.3 Å². The molecule has 29 heavy (non-hydrogen) atoms. The number of hydrogen-bond donors (Lipinski definition) is 1. The van der Waals surface area contributed by atoms with Crippen molar-refractivity contribution in [3.63, 3.8) is 0 Å². The first-order valence-corrected chi connectivity index (χ1v) is 10.7. The van der Waals surface area contributed by atoms with Gasteiger partial charge in [0.15, 0.2) is 0 Å². The lowest BCUT2D eigenvalue weighted by Crippen LogP contribution is -2.33. The number of aromatic nitrogens is 2. The second kappa shape index (κ2) is 8.69. The summed E-state index contributed by atoms with van der Waals surface area (Å²) >= 11 is 1.97. The van der Waals surface area contributed by atoms with Gasteiger partial charge in [0.2, 0.25) is 5.91 Å². The fourth-order valence-corrected chi connectivity index (χ4v) is 4.23. The maximum atomic E-state index is 12.1.